The van der Waals surface area contributed by atoms with Crippen LogP contribution in [0.5, 0.6) is 0 Å². The second kappa shape index (κ2) is 14.9. The first-order valence-corrected chi connectivity index (χ1v) is 20.6. The SMILES string of the molecule is CNC(=O)c1cc(Nc2nc(-c3ccc4c(c3)N(C3CC(N5CCC[C@@H](F)C5)C3)C(=O)C43CCN(C(=O)OC(C)(C)C)CC3)cc3ncn(C(C)C)c23)c(F)cc1C. The molecule has 4 aliphatic rings. The van der Waals surface area contributed by atoms with Crippen molar-refractivity contribution < 1.29 is 27.9 Å². The number of ether oxygens (including phenoxy) is 1. The maximum absolute atomic E-state index is 15.6. The van der Waals surface area contributed by atoms with Crippen molar-refractivity contribution in [2.75, 3.05) is 43.4 Å². The van der Waals surface area contributed by atoms with Crippen molar-refractivity contribution in [1.82, 2.24) is 29.7 Å². The fraction of sp³-hybridized carbons (Fsp3) is 0.523. The maximum Gasteiger partial charge on any atom is 0.410 e. The monoisotopic (exact) mass is 796 g/mol. The first-order chi connectivity index (χ1) is 27.6. The number of anilines is 3. The molecular formula is C44H54F2N8O4. The summed E-state index contributed by atoms with van der Waals surface area (Å²) in [6.45, 7) is 13.4. The summed E-state index contributed by atoms with van der Waals surface area (Å²) in [7, 11) is 1.53. The number of piperidine rings is 2. The number of carbonyl (C=O) groups excluding carboxylic acids is 3. The summed E-state index contributed by atoms with van der Waals surface area (Å²) in [5.74, 6) is -0.442. The van der Waals surface area contributed by atoms with E-state index < -0.39 is 23.0 Å². The molecule has 2 aromatic carbocycles. The molecule has 3 fully saturated rings. The summed E-state index contributed by atoms with van der Waals surface area (Å²) < 4.78 is 37.7. The molecule has 1 atom stereocenters. The maximum atomic E-state index is 15.6. The van der Waals surface area contributed by atoms with Crippen molar-refractivity contribution >= 4 is 46.1 Å². The minimum Gasteiger partial charge on any atom is -0.444 e. The normalized spacial score (nSPS) is 22.0. The Labute approximate surface area is 338 Å². The number of pyridine rings is 1. The predicted molar refractivity (Wildman–Crippen MR) is 220 cm³/mol. The molecule has 308 valence electrons. The number of aromatic nitrogens is 3. The number of nitrogens with one attached hydrogen (secondary N) is 2. The Morgan fingerprint density at radius 2 is 1.78 bits per heavy atom. The summed E-state index contributed by atoms with van der Waals surface area (Å²) >= 11 is 0. The summed E-state index contributed by atoms with van der Waals surface area (Å²) in [5, 5.41) is 5.83. The highest BCUT2D eigenvalue weighted by Crippen LogP contribution is 2.52. The number of halogens is 2. The summed E-state index contributed by atoms with van der Waals surface area (Å²) in [6, 6.07) is 11.0. The highest BCUT2D eigenvalue weighted by Gasteiger charge is 2.56. The van der Waals surface area contributed by atoms with Crippen molar-refractivity contribution in [3.05, 3.63) is 65.2 Å². The van der Waals surface area contributed by atoms with E-state index in [0.29, 0.717) is 72.6 Å². The Bertz CT molecular complexity index is 2270. The van der Waals surface area contributed by atoms with Crippen LogP contribution in [0.1, 0.15) is 101 Å². The summed E-state index contributed by atoms with van der Waals surface area (Å²) in [5.41, 5.74) is 3.93. The standard InChI is InChI=1S/C44H54F2N8O4/c1-25(2)53-24-48-36-22-34(49-39(38(36)53)50-35-21-31(40(55)47-7)26(3)17-33(35)46)27-10-11-32-37(18-27)54(30-19-29(20-30)52-14-8-9-28(45)23-52)41(56)44(32)12-15-51(16-13-44)42(57)58-43(4,5)6/h10-11,17-18,21-22,24-25,28-30H,8-9,12-16,19-20,23H2,1-7H3,(H,47,55)(H,49,50)/t28-,29?,30?/m1/s1. The molecule has 1 aliphatic carbocycles. The number of carbonyl (C=O) groups is 3. The first-order valence-electron chi connectivity index (χ1n) is 20.6. The smallest absolute Gasteiger partial charge is 0.410 e. The molecule has 12 nitrogen and oxygen atoms in total. The molecule has 3 amide bonds. The number of hydrogen-bond acceptors (Lipinski definition) is 8. The van der Waals surface area contributed by atoms with Crippen LogP contribution >= 0.6 is 0 Å². The zero-order valence-corrected chi connectivity index (χ0v) is 34.5. The van der Waals surface area contributed by atoms with Crippen molar-refractivity contribution in [1.29, 1.82) is 0 Å². The van der Waals surface area contributed by atoms with E-state index in [1.165, 1.54) is 19.2 Å². The van der Waals surface area contributed by atoms with Gasteiger partial charge in [-0.15, -0.1) is 0 Å². The fourth-order valence-electron chi connectivity index (χ4n) is 9.31. The molecule has 0 bridgehead atoms. The molecule has 14 heteroatoms. The lowest BCUT2D eigenvalue weighted by atomic mass is 9.73. The van der Waals surface area contributed by atoms with Crippen LogP contribution in [0.4, 0.5) is 30.8 Å². The van der Waals surface area contributed by atoms with Gasteiger partial charge in [0, 0.05) is 61.6 Å². The molecule has 4 aromatic rings. The third kappa shape index (κ3) is 7.07. The Morgan fingerprint density at radius 1 is 1.03 bits per heavy atom. The van der Waals surface area contributed by atoms with Gasteiger partial charge in [0.2, 0.25) is 5.91 Å². The second-order valence-corrected chi connectivity index (χ2v) is 17.8. The largest absolute Gasteiger partial charge is 0.444 e. The number of amides is 3. The number of likely N-dealkylation sites (tertiary alicyclic amines) is 2. The minimum atomic E-state index is -0.820. The molecule has 1 spiro atoms. The van der Waals surface area contributed by atoms with Gasteiger partial charge in [0.15, 0.2) is 5.82 Å². The average Bonchev–Trinajstić information content (AvgIpc) is 3.69. The van der Waals surface area contributed by atoms with E-state index in [4.69, 9.17) is 14.7 Å². The molecule has 0 unspecified atom stereocenters. The quantitative estimate of drug-likeness (QED) is 0.194. The van der Waals surface area contributed by atoms with E-state index in [-0.39, 0.29) is 41.7 Å². The highest BCUT2D eigenvalue weighted by atomic mass is 19.1. The van der Waals surface area contributed by atoms with Crippen LogP contribution in [0.3, 0.4) is 0 Å². The van der Waals surface area contributed by atoms with Gasteiger partial charge in [0.25, 0.3) is 5.91 Å². The topological polar surface area (TPSA) is 125 Å². The lowest BCUT2D eigenvalue weighted by Gasteiger charge is -2.48. The van der Waals surface area contributed by atoms with Crippen molar-refractivity contribution in [2.45, 2.75) is 115 Å². The summed E-state index contributed by atoms with van der Waals surface area (Å²) in [4.78, 5) is 56.4. The Morgan fingerprint density at radius 3 is 2.45 bits per heavy atom. The third-order valence-electron chi connectivity index (χ3n) is 12.5. The molecule has 0 radical (unpaired) electrons. The molecule has 8 rings (SSSR count). The van der Waals surface area contributed by atoms with Gasteiger partial charge in [-0.1, -0.05) is 12.1 Å². The fourth-order valence-corrected chi connectivity index (χ4v) is 9.31. The number of imidazole rings is 1. The Kier molecular flexibility index (Phi) is 10.2. The average molecular weight is 797 g/mol. The van der Waals surface area contributed by atoms with Gasteiger partial charge in [0.05, 0.1) is 28.6 Å². The van der Waals surface area contributed by atoms with E-state index in [1.54, 1.807) is 18.2 Å². The highest BCUT2D eigenvalue weighted by molar-refractivity contribution is 6.09. The minimum absolute atomic E-state index is 0.0204. The van der Waals surface area contributed by atoms with Crippen molar-refractivity contribution in [3.63, 3.8) is 0 Å². The third-order valence-corrected chi connectivity index (χ3v) is 12.5. The molecule has 1 saturated carbocycles. The molecule has 58 heavy (non-hydrogen) atoms. The Hall–Kier alpha value is -5.11. The lowest BCUT2D eigenvalue weighted by molar-refractivity contribution is -0.126. The number of hydrogen-bond donors (Lipinski definition) is 2. The van der Waals surface area contributed by atoms with Crippen LogP contribution in [0.15, 0.2) is 42.7 Å². The van der Waals surface area contributed by atoms with Gasteiger partial charge >= 0.3 is 6.09 Å². The van der Waals surface area contributed by atoms with Gasteiger partial charge < -0.3 is 29.7 Å². The van der Waals surface area contributed by atoms with Crippen LogP contribution in [0.2, 0.25) is 0 Å². The van der Waals surface area contributed by atoms with E-state index >= 15 is 4.39 Å². The summed E-state index contributed by atoms with van der Waals surface area (Å²) in [6.07, 6.45) is 4.42. The molecule has 5 heterocycles. The van der Waals surface area contributed by atoms with Crippen LogP contribution in [0, 0.1) is 12.7 Å². The van der Waals surface area contributed by atoms with Crippen molar-refractivity contribution in [3.8, 4) is 11.3 Å². The van der Waals surface area contributed by atoms with Crippen LogP contribution in [-0.2, 0) is 14.9 Å². The van der Waals surface area contributed by atoms with Gasteiger partial charge in [-0.05, 0) is 122 Å². The van der Waals surface area contributed by atoms with Crippen LogP contribution in [0.25, 0.3) is 22.3 Å². The van der Waals surface area contributed by atoms with E-state index in [0.717, 1.165) is 42.6 Å². The molecule has 2 saturated heterocycles. The molecular weight excluding hydrogens is 743 g/mol. The van der Waals surface area contributed by atoms with E-state index in [1.807, 2.05) is 68.4 Å². The van der Waals surface area contributed by atoms with Gasteiger partial charge in [-0.25, -0.2) is 23.5 Å². The zero-order chi connectivity index (χ0) is 41.3. The Balaban J connectivity index is 1.18. The molecule has 3 aliphatic heterocycles. The van der Waals surface area contributed by atoms with Crippen LogP contribution < -0.4 is 15.5 Å². The van der Waals surface area contributed by atoms with Crippen LogP contribution in [-0.4, -0.2) is 99.3 Å². The zero-order valence-electron chi connectivity index (χ0n) is 34.5. The lowest BCUT2D eigenvalue weighted by Crippen LogP contribution is -2.59. The molecule has 2 N–H and O–H groups in total. The first kappa shape index (κ1) is 39.7. The number of benzene rings is 2. The number of alkyl halides is 1. The number of nitrogens with zero attached hydrogens (tertiary/aromatic N) is 6. The number of rotatable bonds is 7. The van der Waals surface area contributed by atoms with Gasteiger partial charge in [-0.2, -0.15) is 0 Å². The van der Waals surface area contributed by atoms with Gasteiger partial charge in [-0.3, -0.25) is 14.5 Å². The van der Waals surface area contributed by atoms with Crippen molar-refractivity contribution in [2.24, 2.45) is 0 Å². The second-order valence-electron chi connectivity index (χ2n) is 17.8. The molecule has 2 aromatic heterocycles. The predicted octanol–water partition coefficient (Wildman–Crippen LogP) is 7.81. The number of fused-ring (bicyclic) bond motifs is 3. The van der Waals surface area contributed by atoms with E-state index in [9.17, 15) is 18.8 Å². The number of aryl methyl sites for hydroxylation is 1. The van der Waals surface area contributed by atoms with E-state index in [2.05, 4.69) is 15.5 Å². The van der Waals surface area contributed by atoms with Gasteiger partial charge in [0.1, 0.15) is 23.1 Å².